The van der Waals surface area contributed by atoms with Crippen molar-refractivity contribution in [3.05, 3.63) is 54.2 Å². The van der Waals surface area contributed by atoms with E-state index in [-0.39, 0.29) is 11.8 Å². The fourth-order valence-electron chi connectivity index (χ4n) is 4.24. The van der Waals surface area contributed by atoms with Gasteiger partial charge in [0.2, 0.25) is 11.8 Å². The molecule has 1 fully saturated rings. The van der Waals surface area contributed by atoms with Crippen molar-refractivity contribution >= 4 is 55.1 Å². The molecule has 0 saturated carbocycles. The topological polar surface area (TPSA) is 90.1 Å². The molecule has 1 saturated heterocycles. The minimum absolute atomic E-state index is 0.238. The third kappa shape index (κ3) is 4.18. The van der Waals surface area contributed by atoms with Gasteiger partial charge >= 0.3 is 0 Å². The Morgan fingerprint density at radius 2 is 2.00 bits per heavy atom. The molecule has 2 amide bonds. The van der Waals surface area contributed by atoms with Crippen LogP contribution in [0.15, 0.2) is 48.7 Å². The summed E-state index contributed by atoms with van der Waals surface area (Å²) in [6.07, 6.45) is 4.71. The van der Waals surface area contributed by atoms with Crippen LogP contribution in [0, 0.1) is 0 Å². The number of carbonyl (C=O) groups is 2. The number of fused-ring (bicyclic) bond motifs is 2. The van der Waals surface area contributed by atoms with Crippen LogP contribution in [-0.2, 0) is 16.0 Å². The molecular weight excluding hydrogens is 422 g/mol. The lowest BCUT2D eigenvalue weighted by atomic mass is 10.0. The zero-order valence-electron chi connectivity index (χ0n) is 17.9. The Labute approximate surface area is 189 Å². The second-order valence-electron chi connectivity index (χ2n) is 8.18. The number of benzene rings is 2. The number of carbonyl (C=O) groups excluding carboxylic acids is 2. The fraction of sp³-hybridized carbons (Fsp3) is 0.292. The molecular formula is C24H25N5O2S. The Morgan fingerprint density at radius 3 is 2.81 bits per heavy atom. The van der Waals surface area contributed by atoms with E-state index in [1.54, 1.807) is 11.3 Å². The third-order valence-corrected chi connectivity index (χ3v) is 6.89. The van der Waals surface area contributed by atoms with E-state index >= 15 is 0 Å². The molecule has 4 aromatic rings. The average Bonchev–Trinajstić information content (AvgIpc) is 3.52. The molecule has 1 aliphatic heterocycles. The number of H-pyrrole nitrogens is 1. The average molecular weight is 448 g/mol. The van der Waals surface area contributed by atoms with Gasteiger partial charge in [0.05, 0.1) is 10.2 Å². The first-order chi connectivity index (χ1) is 15.6. The van der Waals surface area contributed by atoms with Crippen LogP contribution < -0.4 is 15.5 Å². The van der Waals surface area contributed by atoms with Gasteiger partial charge in [-0.3, -0.25) is 9.59 Å². The van der Waals surface area contributed by atoms with Crippen LogP contribution in [0.25, 0.3) is 21.1 Å². The molecule has 1 atom stereocenters. The normalized spacial score (nSPS) is 14.7. The Morgan fingerprint density at radius 1 is 1.19 bits per heavy atom. The lowest BCUT2D eigenvalue weighted by Crippen LogP contribution is -2.44. The maximum Gasteiger partial charge on any atom is 0.247 e. The van der Waals surface area contributed by atoms with Crippen LogP contribution in [0.4, 0.5) is 10.8 Å². The van der Waals surface area contributed by atoms with E-state index in [0.29, 0.717) is 12.1 Å². The highest BCUT2D eigenvalue weighted by molar-refractivity contribution is 7.22. The van der Waals surface area contributed by atoms with Crippen molar-refractivity contribution in [3.63, 3.8) is 0 Å². The Bertz CT molecular complexity index is 1290. The Kier molecular flexibility index (Phi) is 5.53. The fourth-order valence-corrected chi connectivity index (χ4v) is 5.29. The van der Waals surface area contributed by atoms with E-state index in [1.807, 2.05) is 48.7 Å². The van der Waals surface area contributed by atoms with Crippen LogP contribution in [0.1, 0.15) is 25.3 Å². The van der Waals surface area contributed by atoms with Gasteiger partial charge in [-0.15, -0.1) is 0 Å². The minimum atomic E-state index is -0.677. The molecule has 0 spiro atoms. The number of para-hydroxylation sites is 1. The predicted octanol–water partition coefficient (Wildman–Crippen LogP) is 4.06. The maximum atomic E-state index is 13.1. The van der Waals surface area contributed by atoms with E-state index in [1.165, 1.54) is 19.8 Å². The van der Waals surface area contributed by atoms with Crippen molar-refractivity contribution in [1.29, 1.82) is 0 Å². The molecule has 3 N–H and O–H groups in total. The van der Waals surface area contributed by atoms with Gasteiger partial charge in [0.1, 0.15) is 6.04 Å². The first-order valence-electron chi connectivity index (χ1n) is 10.9. The minimum Gasteiger partial charge on any atom is -0.361 e. The van der Waals surface area contributed by atoms with Crippen molar-refractivity contribution in [2.24, 2.45) is 0 Å². The molecule has 0 bridgehead atoms. The van der Waals surface area contributed by atoms with Crippen molar-refractivity contribution in [2.45, 2.75) is 32.2 Å². The largest absolute Gasteiger partial charge is 0.361 e. The molecule has 32 heavy (non-hydrogen) atoms. The molecule has 1 aliphatic rings. The molecule has 8 heteroatoms. The first kappa shape index (κ1) is 20.5. The molecule has 2 aromatic heterocycles. The summed E-state index contributed by atoms with van der Waals surface area (Å²) in [5, 5.41) is 7.87. The lowest BCUT2D eigenvalue weighted by Gasteiger charge is -2.17. The highest BCUT2D eigenvalue weighted by atomic mass is 32.1. The smallest absolute Gasteiger partial charge is 0.247 e. The molecule has 0 aliphatic carbocycles. The number of nitrogens with one attached hydrogen (secondary N) is 3. The third-order valence-electron chi connectivity index (χ3n) is 5.81. The van der Waals surface area contributed by atoms with Crippen molar-refractivity contribution in [2.75, 3.05) is 23.3 Å². The van der Waals surface area contributed by atoms with Gasteiger partial charge in [-0.1, -0.05) is 29.5 Å². The number of hydrogen-bond acceptors (Lipinski definition) is 5. The summed E-state index contributed by atoms with van der Waals surface area (Å²) in [4.78, 5) is 35.2. The number of aromatic nitrogens is 2. The summed E-state index contributed by atoms with van der Waals surface area (Å²) in [6.45, 7) is 3.53. The first-order valence-corrected chi connectivity index (χ1v) is 11.7. The number of anilines is 2. The van der Waals surface area contributed by atoms with E-state index in [4.69, 9.17) is 4.98 Å². The van der Waals surface area contributed by atoms with Gasteiger partial charge in [0, 0.05) is 49.2 Å². The van der Waals surface area contributed by atoms with Gasteiger partial charge in [-0.05, 0) is 42.7 Å². The molecule has 5 rings (SSSR count). The summed E-state index contributed by atoms with van der Waals surface area (Å²) < 4.78 is 1.04. The number of rotatable bonds is 6. The quantitative estimate of drug-likeness (QED) is 0.416. The summed E-state index contributed by atoms with van der Waals surface area (Å²) in [7, 11) is 0. The SMILES string of the molecule is CC(=O)N[C@@H](Cc1c[nH]c2ccccc12)C(=O)Nc1ccc2nc(N3CCCC3)sc2c1. The Hall–Kier alpha value is -3.39. The van der Waals surface area contributed by atoms with Crippen LogP contribution in [0.2, 0.25) is 0 Å². The second-order valence-corrected chi connectivity index (χ2v) is 9.19. The molecule has 3 heterocycles. The molecule has 0 unspecified atom stereocenters. The van der Waals surface area contributed by atoms with Crippen molar-refractivity contribution < 1.29 is 9.59 Å². The van der Waals surface area contributed by atoms with Crippen LogP contribution in [-0.4, -0.2) is 40.9 Å². The summed E-state index contributed by atoms with van der Waals surface area (Å²) in [6, 6.07) is 13.0. The van der Waals surface area contributed by atoms with E-state index < -0.39 is 6.04 Å². The van der Waals surface area contributed by atoms with Gasteiger partial charge < -0.3 is 20.5 Å². The van der Waals surface area contributed by atoms with Gasteiger partial charge in [0.25, 0.3) is 0 Å². The molecule has 7 nitrogen and oxygen atoms in total. The summed E-state index contributed by atoms with van der Waals surface area (Å²) in [5.74, 6) is -0.479. The summed E-state index contributed by atoms with van der Waals surface area (Å²) >= 11 is 1.65. The van der Waals surface area contributed by atoms with E-state index in [2.05, 4.69) is 20.5 Å². The molecule has 0 radical (unpaired) electrons. The number of aromatic amines is 1. The van der Waals surface area contributed by atoms with Crippen molar-refractivity contribution in [3.8, 4) is 0 Å². The Balaban J connectivity index is 1.35. The van der Waals surface area contributed by atoms with Gasteiger partial charge in [-0.2, -0.15) is 0 Å². The van der Waals surface area contributed by atoms with Crippen LogP contribution >= 0.6 is 11.3 Å². The predicted molar refractivity (Wildman–Crippen MR) is 129 cm³/mol. The second kappa shape index (κ2) is 8.63. The molecule has 164 valence electrons. The zero-order chi connectivity index (χ0) is 22.1. The summed E-state index contributed by atoms with van der Waals surface area (Å²) in [5.41, 5.74) is 3.64. The highest BCUT2D eigenvalue weighted by Crippen LogP contribution is 2.32. The number of thiazole rings is 1. The van der Waals surface area contributed by atoms with Crippen LogP contribution in [0.3, 0.4) is 0 Å². The highest BCUT2D eigenvalue weighted by Gasteiger charge is 2.22. The standard InChI is InChI=1S/C24H25N5O2S/c1-15(30)26-21(12-16-14-25-19-7-3-2-6-18(16)19)23(31)27-17-8-9-20-22(13-17)32-24(28-20)29-10-4-5-11-29/h2-3,6-9,13-14,21,25H,4-5,10-12H2,1H3,(H,26,30)(H,27,31)/t21-/m0/s1. The lowest BCUT2D eigenvalue weighted by molar-refractivity contribution is -0.125. The number of amides is 2. The van der Waals surface area contributed by atoms with Crippen LogP contribution in [0.5, 0.6) is 0 Å². The van der Waals surface area contributed by atoms with E-state index in [9.17, 15) is 9.59 Å². The zero-order valence-corrected chi connectivity index (χ0v) is 18.7. The maximum absolute atomic E-state index is 13.1. The monoisotopic (exact) mass is 447 g/mol. The van der Waals surface area contributed by atoms with Gasteiger partial charge in [0.15, 0.2) is 5.13 Å². The molecule has 2 aromatic carbocycles. The number of hydrogen-bond donors (Lipinski definition) is 3. The van der Waals surface area contributed by atoms with Crippen molar-refractivity contribution in [1.82, 2.24) is 15.3 Å². The van der Waals surface area contributed by atoms with E-state index in [0.717, 1.165) is 44.9 Å². The number of nitrogens with zero attached hydrogens (tertiary/aromatic N) is 2. The van der Waals surface area contributed by atoms with Gasteiger partial charge in [-0.25, -0.2) is 4.98 Å².